The summed E-state index contributed by atoms with van der Waals surface area (Å²) in [6.45, 7) is 6.03. The molecule has 4 aromatic carbocycles. The number of amidine groups is 1. The molecule has 1 unspecified atom stereocenters. The van der Waals surface area contributed by atoms with Crippen LogP contribution in [0, 0.1) is 17.0 Å². The second-order valence-electron chi connectivity index (χ2n) is 17.9. The van der Waals surface area contributed by atoms with Gasteiger partial charge < -0.3 is 46.1 Å². The Morgan fingerprint density at radius 1 is 0.778 bits per heavy atom. The molecule has 0 radical (unpaired) electrons. The summed E-state index contributed by atoms with van der Waals surface area (Å²) in [6, 6.07) is 17.6. The van der Waals surface area contributed by atoms with Crippen molar-refractivity contribution < 1.29 is 51.8 Å². The van der Waals surface area contributed by atoms with E-state index in [1.807, 2.05) is 12.1 Å². The largest absolute Gasteiger partial charge is 0.398 e. The lowest BCUT2D eigenvalue weighted by Crippen LogP contribution is -2.54. The van der Waals surface area contributed by atoms with E-state index < -0.39 is 47.2 Å². The number of hydrogen-bond acceptors (Lipinski definition) is 15. The number of piperidine rings is 1. The Kier molecular flexibility index (Phi) is 16.8. The Balaban J connectivity index is 0.733. The number of carbonyl (C=O) groups is 6. The van der Waals surface area contributed by atoms with Crippen molar-refractivity contribution in [2.75, 3.05) is 107 Å². The number of piperazine rings is 1. The molecule has 4 aliphatic heterocycles. The van der Waals surface area contributed by atoms with Crippen molar-refractivity contribution in [1.82, 2.24) is 25.8 Å². The van der Waals surface area contributed by atoms with E-state index >= 15 is 0 Å². The van der Waals surface area contributed by atoms with Gasteiger partial charge in [0.2, 0.25) is 17.7 Å². The van der Waals surface area contributed by atoms with Crippen molar-refractivity contribution in [2.45, 2.75) is 44.2 Å². The van der Waals surface area contributed by atoms with Crippen molar-refractivity contribution in [1.29, 1.82) is 5.41 Å². The Morgan fingerprint density at radius 2 is 1.50 bits per heavy atom. The van der Waals surface area contributed by atoms with E-state index in [1.54, 1.807) is 36.4 Å². The van der Waals surface area contributed by atoms with Crippen LogP contribution in [0.5, 0.6) is 0 Å². The number of carbonyl (C=O) groups excluding carboxylic acids is 6. The number of benzene rings is 4. The predicted molar refractivity (Wildman–Crippen MR) is 263 cm³/mol. The van der Waals surface area contributed by atoms with Gasteiger partial charge in [-0.05, 0) is 97.5 Å². The number of nitrogens with zero attached hydrogens (tertiary/aromatic N) is 3. The summed E-state index contributed by atoms with van der Waals surface area (Å²) in [5.74, 6) is -4.44. The molecule has 6 amide bonds. The van der Waals surface area contributed by atoms with Gasteiger partial charge in [0.1, 0.15) is 23.5 Å². The van der Waals surface area contributed by atoms with E-state index in [2.05, 4.69) is 36.4 Å². The number of nitrogens with two attached hydrogens (primary N) is 1. The maximum absolute atomic E-state index is 13.9. The summed E-state index contributed by atoms with van der Waals surface area (Å²) in [6.07, 6.45) is 1.85. The lowest BCUT2D eigenvalue weighted by molar-refractivity contribution is -0.136. The zero-order valence-electron chi connectivity index (χ0n) is 39.7. The van der Waals surface area contributed by atoms with Crippen molar-refractivity contribution in [3.8, 4) is 0 Å². The van der Waals surface area contributed by atoms with Gasteiger partial charge in [-0.25, -0.2) is 8.78 Å². The first-order valence-electron chi connectivity index (χ1n) is 24.0. The Hall–Kier alpha value is -7.33. The SMILES string of the molecule is N=C(NC(=O)c1ccc(N2CCN(CC(=O)NCCOCCOCCNc3ccc4c(c3)C(=O)N(C3CCC(=O)NC3=O)C4=O)CC2)cc1NC1CCOCC1)c1cc(Cc2cc(F)cc(F)c2)ccc1N. The van der Waals surface area contributed by atoms with E-state index in [0.29, 0.717) is 107 Å². The van der Waals surface area contributed by atoms with Crippen LogP contribution in [0.15, 0.2) is 72.8 Å². The van der Waals surface area contributed by atoms with Gasteiger partial charge in [-0.3, -0.25) is 49.3 Å². The molecular weight excluding hydrogens is 935 g/mol. The molecule has 0 saturated carbocycles. The van der Waals surface area contributed by atoms with Crippen LogP contribution in [0.4, 0.5) is 31.5 Å². The highest BCUT2D eigenvalue weighted by Crippen LogP contribution is 2.31. The summed E-state index contributed by atoms with van der Waals surface area (Å²) in [5.41, 5.74) is 10.7. The molecule has 19 nitrogen and oxygen atoms in total. The minimum Gasteiger partial charge on any atom is -0.398 e. The predicted octanol–water partition coefficient (Wildman–Crippen LogP) is 3.27. The van der Waals surface area contributed by atoms with E-state index in [-0.39, 0.29) is 66.0 Å². The molecule has 8 rings (SSSR count). The second-order valence-corrected chi connectivity index (χ2v) is 17.9. The number of nitrogen functional groups attached to an aromatic ring is 1. The molecule has 21 heteroatoms. The third kappa shape index (κ3) is 12.9. The maximum atomic E-state index is 13.9. The van der Waals surface area contributed by atoms with Crippen molar-refractivity contribution in [3.05, 3.63) is 118 Å². The van der Waals surface area contributed by atoms with Gasteiger partial charge in [-0.2, -0.15) is 0 Å². The van der Waals surface area contributed by atoms with Crippen molar-refractivity contribution in [3.63, 3.8) is 0 Å². The minimum atomic E-state index is -1.03. The zero-order valence-corrected chi connectivity index (χ0v) is 39.7. The quantitative estimate of drug-likeness (QED) is 0.0221. The molecule has 3 fully saturated rings. The molecule has 0 bridgehead atoms. The smallest absolute Gasteiger partial charge is 0.262 e. The first-order chi connectivity index (χ1) is 34.8. The highest BCUT2D eigenvalue weighted by Gasteiger charge is 2.44. The zero-order chi connectivity index (χ0) is 50.7. The molecule has 0 spiro atoms. The van der Waals surface area contributed by atoms with Gasteiger partial charge in [-0.15, -0.1) is 0 Å². The topological polar surface area (TPSA) is 250 Å². The van der Waals surface area contributed by atoms with Gasteiger partial charge in [0, 0.05) is 99.3 Å². The fourth-order valence-corrected chi connectivity index (χ4v) is 9.09. The van der Waals surface area contributed by atoms with E-state index in [9.17, 15) is 37.5 Å². The lowest BCUT2D eigenvalue weighted by Gasteiger charge is -2.36. The molecular formula is C51H58F2N10O9. The van der Waals surface area contributed by atoms with Gasteiger partial charge in [0.05, 0.1) is 49.7 Å². The molecule has 0 aliphatic carbocycles. The van der Waals surface area contributed by atoms with E-state index in [1.165, 1.54) is 18.2 Å². The molecule has 1 atom stereocenters. The third-order valence-corrected chi connectivity index (χ3v) is 12.8. The molecule has 0 aromatic heterocycles. The number of amides is 6. The summed E-state index contributed by atoms with van der Waals surface area (Å²) < 4.78 is 44.5. The fourth-order valence-electron chi connectivity index (χ4n) is 9.09. The van der Waals surface area contributed by atoms with Crippen LogP contribution in [-0.4, -0.2) is 149 Å². The van der Waals surface area contributed by atoms with Gasteiger partial charge >= 0.3 is 0 Å². The van der Waals surface area contributed by atoms with Crippen LogP contribution >= 0.6 is 0 Å². The maximum Gasteiger partial charge on any atom is 0.262 e. The molecule has 72 heavy (non-hydrogen) atoms. The normalized spacial score (nSPS) is 17.4. The highest BCUT2D eigenvalue weighted by molar-refractivity contribution is 6.23. The molecule has 380 valence electrons. The second kappa shape index (κ2) is 23.7. The average Bonchev–Trinajstić information content (AvgIpc) is 3.60. The first-order valence-corrected chi connectivity index (χ1v) is 24.0. The third-order valence-electron chi connectivity index (χ3n) is 12.8. The van der Waals surface area contributed by atoms with Crippen LogP contribution in [0.2, 0.25) is 0 Å². The van der Waals surface area contributed by atoms with Crippen LogP contribution < -0.4 is 37.2 Å². The fraction of sp³-hybridized carbons (Fsp3) is 0.392. The van der Waals surface area contributed by atoms with Crippen LogP contribution in [0.25, 0.3) is 0 Å². The molecule has 3 saturated heterocycles. The van der Waals surface area contributed by atoms with Gasteiger partial charge in [0.25, 0.3) is 17.7 Å². The molecule has 4 heterocycles. The van der Waals surface area contributed by atoms with Crippen molar-refractivity contribution >= 4 is 64.0 Å². The summed E-state index contributed by atoms with van der Waals surface area (Å²) in [5, 5.41) is 23.3. The van der Waals surface area contributed by atoms with Crippen molar-refractivity contribution in [2.24, 2.45) is 0 Å². The lowest BCUT2D eigenvalue weighted by atomic mass is 10.0. The number of fused-ring (bicyclic) bond motifs is 1. The molecule has 8 N–H and O–H groups in total. The molecule has 4 aromatic rings. The number of anilines is 4. The Morgan fingerprint density at radius 3 is 2.24 bits per heavy atom. The summed E-state index contributed by atoms with van der Waals surface area (Å²) >= 11 is 0. The van der Waals surface area contributed by atoms with E-state index in [4.69, 9.17) is 25.4 Å². The van der Waals surface area contributed by atoms with Crippen LogP contribution in [-0.2, 0) is 35.0 Å². The van der Waals surface area contributed by atoms with Gasteiger partial charge in [0.15, 0.2) is 0 Å². The minimum absolute atomic E-state index is 0.0488. The number of hydrogen-bond donors (Lipinski definition) is 7. The number of nitrogens with one attached hydrogen (secondary N) is 6. The molecule has 4 aliphatic rings. The summed E-state index contributed by atoms with van der Waals surface area (Å²) in [4.78, 5) is 81.7. The number of imide groups is 2. The number of ether oxygens (including phenoxy) is 3. The van der Waals surface area contributed by atoms with E-state index in [0.717, 1.165) is 29.5 Å². The number of halogens is 2. The average molecular weight is 993 g/mol. The Labute approximate surface area is 414 Å². The Bertz CT molecular complexity index is 2690. The first kappa shape index (κ1) is 51.0. The van der Waals surface area contributed by atoms with Crippen LogP contribution in [0.1, 0.15) is 73.4 Å². The standard InChI is InChI=1S/C51H58F2N10O9/c52-33-24-32(25-34(53)27-33)23-31-1-6-42(54)41(26-31)47(55)60-48(66)39-5-3-37(29-43(39)58-35-9-17-70-18-10-35)62-15-13-61(14-16-62)30-46(65)57-12-20-72-22-21-71-19-11-56-36-2-4-38-40(28-36)51(69)63(50(38)68)44-7-8-45(64)59-49(44)67/h1-6,24-29,35,44,56,58H,7-23,30,54H2,(H,57,65)(H2,55,60,66)(H,59,64,67). The summed E-state index contributed by atoms with van der Waals surface area (Å²) in [7, 11) is 0. The highest BCUT2D eigenvalue weighted by atomic mass is 19.1. The van der Waals surface area contributed by atoms with Crippen LogP contribution in [0.3, 0.4) is 0 Å². The van der Waals surface area contributed by atoms with Gasteiger partial charge in [-0.1, -0.05) is 6.07 Å². The number of rotatable bonds is 20. The monoisotopic (exact) mass is 992 g/mol.